The van der Waals surface area contributed by atoms with Crippen LogP contribution in [0.3, 0.4) is 0 Å². The number of halogens is 1. The molecule has 0 unspecified atom stereocenters. The molecule has 2 heterocycles. The Hall–Kier alpha value is -2.08. The van der Waals surface area contributed by atoms with E-state index in [2.05, 4.69) is 31.5 Å². The Morgan fingerprint density at radius 1 is 1.29 bits per heavy atom. The number of anilines is 2. The van der Waals surface area contributed by atoms with Crippen LogP contribution in [0.2, 0.25) is 0 Å². The van der Waals surface area contributed by atoms with E-state index in [0.717, 1.165) is 21.7 Å². The Morgan fingerprint density at radius 2 is 2.14 bits per heavy atom. The second kappa shape index (κ2) is 6.13. The molecule has 3 rings (SSSR count). The van der Waals surface area contributed by atoms with E-state index < -0.39 is 0 Å². The Morgan fingerprint density at radius 3 is 2.90 bits per heavy atom. The summed E-state index contributed by atoms with van der Waals surface area (Å²) < 4.78 is 0.823. The molecule has 2 N–H and O–H groups in total. The van der Waals surface area contributed by atoms with Crippen LogP contribution in [0.15, 0.2) is 47.1 Å². The lowest BCUT2D eigenvalue weighted by Crippen LogP contribution is -2.27. The van der Waals surface area contributed by atoms with Crippen LogP contribution in [0.4, 0.5) is 16.2 Å². The predicted molar refractivity (Wildman–Crippen MR) is 86.5 cm³/mol. The van der Waals surface area contributed by atoms with Crippen LogP contribution in [0.5, 0.6) is 0 Å². The highest BCUT2D eigenvalue weighted by Crippen LogP contribution is 2.21. The fraction of sp³-hybridized carbons (Fsp3) is 0.200. The molecule has 0 spiro atoms. The Kier molecular flexibility index (Phi) is 4.06. The summed E-state index contributed by atoms with van der Waals surface area (Å²) >= 11 is 3.36. The van der Waals surface area contributed by atoms with Gasteiger partial charge in [0.1, 0.15) is 4.60 Å². The van der Waals surface area contributed by atoms with Crippen LogP contribution in [-0.4, -0.2) is 24.1 Å². The van der Waals surface area contributed by atoms with Crippen LogP contribution in [-0.2, 0) is 6.54 Å². The van der Waals surface area contributed by atoms with Gasteiger partial charge in [0.25, 0.3) is 0 Å². The molecule has 5 nitrogen and oxygen atoms in total. The largest absolute Gasteiger partial charge is 0.379 e. The number of benzene rings is 1. The van der Waals surface area contributed by atoms with Gasteiger partial charge in [-0.05, 0) is 46.3 Å². The van der Waals surface area contributed by atoms with Crippen LogP contribution in [0, 0.1) is 0 Å². The number of nitrogens with zero attached hydrogens (tertiary/aromatic N) is 2. The van der Waals surface area contributed by atoms with Crippen LogP contribution in [0.25, 0.3) is 0 Å². The molecule has 1 aliphatic rings. The number of pyridine rings is 1. The van der Waals surface area contributed by atoms with E-state index in [0.29, 0.717) is 19.6 Å². The lowest BCUT2D eigenvalue weighted by molar-refractivity contribution is 0.252. The van der Waals surface area contributed by atoms with Crippen molar-refractivity contribution >= 4 is 33.3 Å². The zero-order chi connectivity index (χ0) is 14.7. The van der Waals surface area contributed by atoms with Crippen molar-refractivity contribution in [3.05, 3.63) is 52.8 Å². The normalized spacial score (nSPS) is 14.1. The van der Waals surface area contributed by atoms with Crippen molar-refractivity contribution in [3.8, 4) is 0 Å². The quantitative estimate of drug-likeness (QED) is 0.836. The minimum Gasteiger partial charge on any atom is -0.379 e. The number of urea groups is 1. The number of carbonyl (C=O) groups is 1. The number of carbonyl (C=O) groups excluding carboxylic acids is 1. The smallest absolute Gasteiger partial charge is 0.321 e. The average molecular weight is 347 g/mol. The van der Waals surface area contributed by atoms with Crippen molar-refractivity contribution in [1.82, 2.24) is 10.3 Å². The van der Waals surface area contributed by atoms with E-state index in [9.17, 15) is 4.79 Å². The van der Waals surface area contributed by atoms with E-state index in [1.54, 1.807) is 4.90 Å². The van der Waals surface area contributed by atoms with E-state index in [-0.39, 0.29) is 6.03 Å². The van der Waals surface area contributed by atoms with Crippen LogP contribution < -0.4 is 15.5 Å². The molecule has 1 aliphatic heterocycles. The van der Waals surface area contributed by atoms with Crippen molar-refractivity contribution < 1.29 is 4.79 Å². The number of hydrogen-bond acceptors (Lipinski definition) is 3. The lowest BCUT2D eigenvalue weighted by Gasteiger charge is -2.15. The summed E-state index contributed by atoms with van der Waals surface area (Å²) in [6, 6.07) is 13.6. The van der Waals surface area contributed by atoms with Gasteiger partial charge in [-0.3, -0.25) is 4.90 Å². The molecule has 0 bridgehead atoms. The fourth-order valence-electron chi connectivity index (χ4n) is 2.24. The summed E-state index contributed by atoms with van der Waals surface area (Å²) in [4.78, 5) is 17.8. The first-order valence-electron chi connectivity index (χ1n) is 6.73. The molecule has 1 saturated heterocycles. The van der Waals surface area contributed by atoms with Gasteiger partial charge in [-0.25, -0.2) is 9.78 Å². The second-order valence-corrected chi connectivity index (χ2v) is 5.55. The summed E-state index contributed by atoms with van der Waals surface area (Å²) in [6.07, 6.45) is 0. The number of rotatable bonds is 4. The molecule has 2 amide bonds. The molecule has 108 valence electrons. The van der Waals surface area contributed by atoms with Gasteiger partial charge in [0.05, 0.1) is 12.2 Å². The Bertz CT molecular complexity index is 662. The molecule has 1 aromatic heterocycles. The minimum absolute atomic E-state index is 0.0409. The molecule has 0 atom stereocenters. The highest BCUT2D eigenvalue weighted by Gasteiger charge is 2.20. The first-order valence-corrected chi connectivity index (χ1v) is 7.52. The van der Waals surface area contributed by atoms with E-state index in [1.807, 2.05) is 42.5 Å². The molecular formula is C15H15BrN4O. The molecule has 6 heteroatoms. The average Bonchev–Trinajstić information content (AvgIpc) is 2.92. The molecule has 1 aromatic carbocycles. The maximum atomic E-state index is 11.7. The highest BCUT2D eigenvalue weighted by atomic mass is 79.9. The van der Waals surface area contributed by atoms with Crippen molar-refractivity contribution in [2.24, 2.45) is 0 Å². The number of aromatic nitrogens is 1. The van der Waals surface area contributed by atoms with Crippen molar-refractivity contribution in [3.63, 3.8) is 0 Å². The van der Waals surface area contributed by atoms with Crippen molar-refractivity contribution in [2.45, 2.75) is 6.54 Å². The van der Waals surface area contributed by atoms with Gasteiger partial charge in [-0.2, -0.15) is 0 Å². The third-order valence-electron chi connectivity index (χ3n) is 3.26. The summed E-state index contributed by atoms with van der Waals surface area (Å²) in [7, 11) is 0. The number of amides is 2. The van der Waals surface area contributed by atoms with Gasteiger partial charge in [0.15, 0.2) is 0 Å². The molecule has 0 radical (unpaired) electrons. The standard InChI is InChI=1S/C15H15BrN4O/c16-14-6-2-4-12(19-14)10-18-11-3-1-5-13(9-11)20-8-7-17-15(20)21/h1-6,9,18H,7-8,10H2,(H,17,21). The maximum Gasteiger partial charge on any atom is 0.321 e. The molecule has 0 aliphatic carbocycles. The van der Waals surface area contributed by atoms with Crippen LogP contribution >= 0.6 is 15.9 Å². The topological polar surface area (TPSA) is 57.3 Å². The Balaban J connectivity index is 1.70. The van der Waals surface area contributed by atoms with E-state index in [4.69, 9.17) is 0 Å². The maximum absolute atomic E-state index is 11.7. The van der Waals surface area contributed by atoms with Gasteiger partial charge in [-0.1, -0.05) is 12.1 Å². The van der Waals surface area contributed by atoms with Gasteiger partial charge in [0, 0.05) is 24.5 Å². The predicted octanol–water partition coefficient (Wildman–Crippen LogP) is 2.99. The van der Waals surface area contributed by atoms with Gasteiger partial charge in [-0.15, -0.1) is 0 Å². The van der Waals surface area contributed by atoms with Gasteiger partial charge in [0.2, 0.25) is 0 Å². The van der Waals surface area contributed by atoms with Crippen molar-refractivity contribution in [1.29, 1.82) is 0 Å². The SMILES string of the molecule is O=C1NCCN1c1cccc(NCc2cccc(Br)n2)c1. The summed E-state index contributed by atoms with van der Waals surface area (Å²) in [5.74, 6) is 0. The highest BCUT2D eigenvalue weighted by molar-refractivity contribution is 9.10. The van der Waals surface area contributed by atoms with Crippen molar-refractivity contribution in [2.75, 3.05) is 23.3 Å². The molecule has 2 aromatic rings. The van der Waals surface area contributed by atoms with E-state index >= 15 is 0 Å². The van der Waals surface area contributed by atoms with E-state index in [1.165, 1.54) is 0 Å². The lowest BCUT2D eigenvalue weighted by atomic mass is 10.2. The Labute approximate surface area is 131 Å². The summed E-state index contributed by atoms with van der Waals surface area (Å²) in [5.41, 5.74) is 2.82. The summed E-state index contributed by atoms with van der Waals surface area (Å²) in [6.45, 7) is 2.03. The monoisotopic (exact) mass is 346 g/mol. The van der Waals surface area contributed by atoms with Gasteiger partial charge < -0.3 is 10.6 Å². The molecule has 0 saturated carbocycles. The second-order valence-electron chi connectivity index (χ2n) is 4.74. The first-order chi connectivity index (χ1) is 10.2. The fourth-order valence-corrected chi connectivity index (χ4v) is 2.62. The number of nitrogens with one attached hydrogen (secondary N) is 2. The number of hydrogen-bond donors (Lipinski definition) is 2. The minimum atomic E-state index is -0.0409. The third-order valence-corrected chi connectivity index (χ3v) is 3.70. The third kappa shape index (κ3) is 3.33. The van der Waals surface area contributed by atoms with Gasteiger partial charge >= 0.3 is 6.03 Å². The summed E-state index contributed by atoms with van der Waals surface area (Å²) in [5, 5.41) is 6.13. The van der Waals surface area contributed by atoms with Crippen LogP contribution in [0.1, 0.15) is 5.69 Å². The molecule has 21 heavy (non-hydrogen) atoms. The first kappa shape index (κ1) is 13.9. The molecule has 1 fully saturated rings. The molecular weight excluding hydrogens is 332 g/mol. The zero-order valence-corrected chi connectivity index (χ0v) is 12.9. The zero-order valence-electron chi connectivity index (χ0n) is 11.3.